The Labute approximate surface area is 95.6 Å². The number of hydrogen-bond acceptors (Lipinski definition) is 4. The summed E-state index contributed by atoms with van der Waals surface area (Å²) in [6, 6.07) is 5.36. The summed E-state index contributed by atoms with van der Waals surface area (Å²) in [6.07, 6.45) is 1.90. The van der Waals surface area contributed by atoms with Crippen LogP contribution in [0.5, 0.6) is 0 Å². The standard InChI is InChI=1S/C12H18N2O2/c1-2-3-12(15)16-7-6-9-4-5-10(13)8-11(9)14/h4-5,8H,2-3,6-7,13-14H2,1H3. The van der Waals surface area contributed by atoms with Gasteiger partial charge < -0.3 is 16.2 Å². The third-order valence-corrected chi connectivity index (χ3v) is 2.26. The predicted octanol–water partition coefficient (Wildman–Crippen LogP) is 1.74. The molecule has 0 heterocycles. The molecule has 1 rings (SSSR count). The lowest BCUT2D eigenvalue weighted by Gasteiger charge is -2.07. The van der Waals surface area contributed by atoms with Crippen LogP contribution < -0.4 is 11.5 Å². The largest absolute Gasteiger partial charge is 0.465 e. The van der Waals surface area contributed by atoms with Crippen LogP contribution in [0, 0.1) is 0 Å². The Kier molecular flexibility index (Phi) is 4.64. The van der Waals surface area contributed by atoms with Gasteiger partial charge in [0.1, 0.15) is 0 Å². The number of esters is 1. The fraction of sp³-hybridized carbons (Fsp3) is 0.417. The Morgan fingerprint density at radius 1 is 1.38 bits per heavy atom. The molecule has 4 nitrogen and oxygen atoms in total. The van der Waals surface area contributed by atoms with Crippen LogP contribution in [0.25, 0.3) is 0 Å². The Morgan fingerprint density at radius 3 is 2.75 bits per heavy atom. The molecule has 0 spiro atoms. The minimum absolute atomic E-state index is 0.156. The molecular weight excluding hydrogens is 204 g/mol. The number of nitrogens with two attached hydrogens (primary N) is 2. The first-order valence-corrected chi connectivity index (χ1v) is 5.43. The molecule has 0 atom stereocenters. The number of nitrogen functional groups attached to an aromatic ring is 2. The fourth-order valence-electron chi connectivity index (χ4n) is 1.39. The molecule has 0 aromatic heterocycles. The lowest BCUT2D eigenvalue weighted by atomic mass is 10.1. The number of carbonyl (C=O) groups excluding carboxylic acids is 1. The quantitative estimate of drug-likeness (QED) is 0.587. The topological polar surface area (TPSA) is 78.3 Å². The molecular formula is C12H18N2O2. The van der Waals surface area contributed by atoms with Crippen molar-refractivity contribution < 1.29 is 9.53 Å². The smallest absolute Gasteiger partial charge is 0.305 e. The SMILES string of the molecule is CCCC(=O)OCCc1ccc(N)cc1N. The molecule has 0 amide bonds. The number of carbonyl (C=O) groups is 1. The van der Waals surface area contributed by atoms with Gasteiger partial charge in [0.2, 0.25) is 0 Å². The summed E-state index contributed by atoms with van der Waals surface area (Å²) in [6.45, 7) is 2.31. The molecule has 0 aliphatic rings. The molecule has 0 fully saturated rings. The molecule has 0 radical (unpaired) electrons. The highest BCUT2D eigenvalue weighted by Crippen LogP contribution is 2.16. The van der Waals surface area contributed by atoms with Gasteiger partial charge in [-0.25, -0.2) is 0 Å². The molecule has 0 unspecified atom stereocenters. The maximum absolute atomic E-state index is 11.1. The van der Waals surface area contributed by atoms with E-state index in [-0.39, 0.29) is 5.97 Å². The van der Waals surface area contributed by atoms with Gasteiger partial charge in [-0.1, -0.05) is 13.0 Å². The molecule has 4 N–H and O–H groups in total. The molecule has 88 valence electrons. The summed E-state index contributed by atoms with van der Waals surface area (Å²) in [5, 5.41) is 0. The van der Waals surface area contributed by atoms with Crippen molar-refractivity contribution in [3.05, 3.63) is 23.8 Å². The van der Waals surface area contributed by atoms with Crippen LogP contribution in [-0.4, -0.2) is 12.6 Å². The van der Waals surface area contributed by atoms with Gasteiger partial charge in [-0.3, -0.25) is 4.79 Å². The Hall–Kier alpha value is -1.71. The maximum atomic E-state index is 11.1. The van der Waals surface area contributed by atoms with Crippen LogP contribution in [0.1, 0.15) is 25.3 Å². The van der Waals surface area contributed by atoms with Gasteiger partial charge in [-0.15, -0.1) is 0 Å². The van der Waals surface area contributed by atoms with Crippen molar-refractivity contribution in [2.24, 2.45) is 0 Å². The molecule has 16 heavy (non-hydrogen) atoms. The second-order valence-corrected chi connectivity index (χ2v) is 3.68. The van der Waals surface area contributed by atoms with Gasteiger partial charge in [0.15, 0.2) is 0 Å². The second-order valence-electron chi connectivity index (χ2n) is 3.68. The Balaban J connectivity index is 2.40. The van der Waals surface area contributed by atoms with E-state index in [1.165, 1.54) is 0 Å². The normalized spacial score (nSPS) is 10.1. The first-order chi connectivity index (χ1) is 7.63. The van der Waals surface area contributed by atoms with Crippen molar-refractivity contribution in [1.29, 1.82) is 0 Å². The van der Waals surface area contributed by atoms with E-state index in [2.05, 4.69) is 0 Å². The average molecular weight is 222 g/mol. The van der Waals surface area contributed by atoms with Crippen molar-refractivity contribution in [3.8, 4) is 0 Å². The molecule has 1 aromatic carbocycles. The molecule has 0 aliphatic heterocycles. The third-order valence-electron chi connectivity index (χ3n) is 2.26. The van der Waals surface area contributed by atoms with Crippen LogP contribution in [-0.2, 0) is 16.0 Å². The lowest BCUT2D eigenvalue weighted by Crippen LogP contribution is -2.08. The van der Waals surface area contributed by atoms with Crippen LogP contribution >= 0.6 is 0 Å². The van der Waals surface area contributed by atoms with Crippen molar-refractivity contribution in [3.63, 3.8) is 0 Å². The van der Waals surface area contributed by atoms with Crippen LogP contribution in [0.15, 0.2) is 18.2 Å². The van der Waals surface area contributed by atoms with E-state index in [1.54, 1.807) is 12.1 Å². The average Bonchev–Trinajstić information content (AvgIpc) is 2.22. The van der Waals surface area contributed by atoms with Crippen molar-refractivity contribution in [2.75, 3.05) is 18.1 Å². The van der Waals surface area contributed by atoms with Gasteiger partial charge >= 0.3 is 5.97 Å². The molecule has 0 bridgehead atoms. The number of ether oxygens (including phenoxy) is 1. The second kappa shape index (κ2) is 6.00. The van der Waals surface area contributed by atoms with E-state index >= 15 is 0 Å². The minimum atomic E-state index is -0.156. The van der Waals surface area contributed by atoms with Crippen LogP contribution in [0.3, 0.4) is 0 Å². The van der Waals surface area contributed by atoms with Crippen molar-refractivity contribution in [1.82, 2.24) is 0 Å². The molecule has 0 saturated heterocycles. The molecule has 0 saturated carbocycles. The summed E-state index contributed by atoms with van der Waals surface area (Å²) in [7, 11) is 0. The van der Waals surface area contributed by atoms with Crippen LogP contribution in [0.4, 0.5) is 11.4 Å². The molecule has 4 heteroatoms. The van der Waals surface area contributed by atoms with Gasteiger partial charge in [-0.2, -0.15) is 0 Å². The molecule has 1 aromatic rings. The van der Waals surface area contributed by atoms with Gasteiger partial charge in [0, 0.05) is 24.2 Å². The monoisotopic (exact) mass is 222 g/mol. The first kappa shape index (κ1) is 12.4. The third kappa shape index (κ3) is 3.81. The van der Waals surface area contributed by atoms with E-state index in [4.69, 9.17) is 16.2 Å². The van der Waals surface area contributed by atoms with Crippen LogP contribution in [0.2, 0.25) is 0 Å². The van der Waals surface area contributed by atoms with E-state index < -0.39 is 0 Å². The number of anilines is 2. The summed E-state index contributed by atoms with van der Waals surface area (Å²) >= 11 is 0. The predicted molar refractivity (Wildman–Crippen MR) is 64.8 cm³/mol. The summed E-state index contributed by atoms with van der Waals surface area (Å²) < 4.78 is 5.05. The fourth-order valence-corrected chi connectivity index (χ4v) is 1.39. The van der Waals surface area contributed by atoms with Crippen molar-refractivity contribution >= 4 is 17.3 Å². The zero-order valence-electron chi connectivity index (χ0n) is 9.53. The zero-order valence-corrected chi connectivity index (χ0v) is 9.53. The summed E-state index contributed by atoms with van der Waals surface area (Å²) in [5.41, 5.74) is 13.6. The van der Waals surface area contributed by atoms with E-state index in [0.717, 1.165) is 12.0 Å². The number of benzene rings is 1. The lowest BCUT2D eigenvalue weighted by molar-refractivity contribution is -0.143. The molecule has 0 aliphatic carbocycles. The van der Waals surface area contributed by atoms with Gasteiger partial charge in [0.05, 0.1) is 6.61 Å². The van der Waals surface area contributed by atoms with E-state index in [9.17, 15) is 4.79 Å². The van der Waals surface area contributed by atoms with Crippen molar-refractivity contribution in [2.45, 2.75) is 26.2 Å². The maximum Gasteiger partial charge on any atom is 0.305 e. The highest BCUT2D eigenvalue weighted by molar-refractivity contribution is 5.69. The number of hydrogen-bond donors (Lipinski definition) is 2. The summed E-state index contributed by atoms with van der Waals surface area (Å²) in [5.74, 6) is -0.156. The Bertz CT molecular complexity index is 364. The van der Waals surface area contributed by atoms with Gasteiger partial charge in [0.25, 0.3) is 0 Å². The Morgan fingerprint density at radius 2 is 2.12 bits per heavy atom. The zero-order chi connectivity index (χ0) is 12.0. The number of rotatable bonds is 5. The minimum Gasteiger partial charge on any atom is -0.465 e. The van der Waals surface area contributed by atoms with Gasteiger partial charge in [-0.05, 0) is 24.1 Å². The highest BCUT2D eigenvalue weighted by Gasteiger charge is 2.03. The highest BCUT2D eigenvalue weighted by atomic mass is 16.5. The van der Waals surface area contributed by atoms with E-state index in [1.807, 2.05) is 13.0 Å². The van der Waals surface area contributed by atoms with E-state index in [0.29, 0.717) is 30.8 Å². The summed E-state index contributed by atoms with van der Waals surface area (Å²) in [4.78, 5) is 11.1. The first-order valence-electron chi connectivity index (χ1n) is 5.43.